The third-order valence-corrected chi connectivity index (χ3v) is 2.48. The molecule has 0 aromatic carbocycles. The van der Waals surface area contributed by atoms with Gasteiger partial charge in [0, 0.05) is 18.4 Å². The van der Waals surface area contributed by atoms with Crippen molar-refractivity contribution in [1.29, 1.82) is 0 Å². The first-order valence-electron chi connectivity index (χ1n) is 6.82. The van der Waals surface area contributed by atoms with Gasteiger partial charge in [-0.3, -0.25) is 14.5 Å². The van der Waals surface area contributed by atoms with E-state index in [2.05, 4.69) is 11.9 Å². The lowest BCUT2D eigenvalue weighted by atomic mass is 10.2. The van der Waals surface area contributed by atoms with Crippen LogP contribution in [0, 0.1) is 0 Å². The van der Waals surface area contributed by atoms with Crippen LogP contribution in [0.5, 0.6) is 0 Å². The van der Waals surface area contributed by atoms with Gasteiger partial charge in [-0.25, -0.2) is 4.79 Å². The van der Waals surface area contributed by atoms with Gasteiger partial charge in [0.05, 0.1) is 13.1 Å². The molecule has 0 aliphatic heterocycles. The van der Waals surface area contributed by atoms with E-state index in [1.54, 1.807) is 33.9 Å². The number of allylic oxidation sites excluding steroid dienone is 2. The standard InChI is InChI=1S/C15H25FN2O3/c1-7-12(18(6)13(19)8-9-16)10-11(2)17-14(20)21-15(3,4)5/h10H,2,7-9H2,1,3-6H3,(H,17,20)/b12-10+. The minimum Gasteiger partial charge on any atom is -0.444 e. The number of alkyl carbamates (subject to hydrolysis) is 1. The number of carbonyl (C=O) groups excluding carboxylic acids is 2. The number of hydrogen-bond donors (Lipinski definition) is 1. The van der Waals surface area contributed by atoms with Crippen molar-refractivity contribution in [3.8, 4) is 0 Å². The summed E-state index contributed by atoms with van der Waals surface area (Å²) in [6.45, 7) is 10.1. The van der Waals surface area contributed by atoms with E-state index in [0.717, 1.165) is 0 Å². The Balaban J connectivity index is 4.74. The molecule has 0 saturated carbocycles. The number of alkyl halides is 1. The lowest BCUT2D eigenvalue weighted by molar-refractivity contribution is -0.128. The highest BCUT2D eigenvalue weighted by Crippen LogP contribution is 2.11. The maximum absolute atomic E-state index is 12.2. The van der Waals surface area contributed by atoms with Gasteiger partial charge in [-0.2, -0.15) is 0 Å². The van der Waals surface area contributed by atoms with Crippen molar-refractivity contribution < 1.29 is 18.7 Å². The zero-order chi connectivity index (χ0) is 16.6. The van der Waals surface area contributed by atoms with Gasteiger partial charge in [-0.1, -0.05) is 13.5 Å². The highest BCUT2D eigenvalue weighted by Gasteiger charge is 2.17. The molecule has 0 atom stereocenters. The Kier molecular flexibility index (Phi) is 7.70. The molecule has 0 fully saturated rings. The van der Waals surface area contributed by atoms with Gasteiger partial charge in [0.1, 0.15) is 5.60 Å². The van der Waals surface area contributed by atoms with Gasteiger partial charge in [-0.05, 0) is 33.3 Å². The molecule has 0 bridgehead atoms. The SMILES string of the molecule is C=C(/C=C(\CC)N(C)C(=O)CCF)NC(=O)OC(C)(C)C. The first-order valence-corrected chi connectivity index (χ1v) is 6.82. The van der Waals surface area contributed by atoms with Gasteiger partial charge >= 0.3 is 6.09 Å². The third kappa shape index (κ3) is 8.12. The summed E-state index contributed by atoms with van der Waals surface area (Å²) in [6, 6.07) is 0. The molecule has 6 heteroatoms. The topological polar surface area (TPSA) is 58.6 Å². The Bertz CT molecular complexity index is 425. The van der Waals surface area contributed by atoms with Gasteiger partial charge < -0.3 is 9.64 Å². The second-order valence-electron chi connectivity index (χ2n) is 5.53. The van der Waals surface area contributed by atoms with Crippen LogP contribution < -0.4 is 5.32 Å². The molecule has 0 rings (SSSR count). The van der Waals surface area contributed by atoms with Crippen LogP contribution in [0.4, 0.5) is 9.18 Å². The Hall–Kier alpha value is -1.85. The second kappa shape index (κ2) is 8.44. The van der Waals surface area contributed by atoms with E-state index in [1.807, 2.05) is 6.92 Å². The molecule has 21 heavy (non-hydrogen) atoms. The fourth-order valence-corrected chi connectivity index (χ4v) is 1.52. The molecule has 0 aliphatic rings. The summed E-state index contributed by atoms with van der Waals surface area (Å²) in [5.74, 6) is -0.323. The second-order valence-corrected chi connectivity index (χ2v) is 5.53. The van der Waals surface area contributed by atoms with Crippen molar-refractivity contribution in [2.75, 3.05) is 13.7 Å². The molecule has 0 saturated heterocycles. The van der Waals surface area contributed by atoms with E-state index in [-0.39, 0.29) is 12.3 Å². The van der Waals surface area contributed by atoms with Crippen molar-refractivity contribution in [3.63, 3.8) is 0 Å². The van der Waals surface area contributed by atoms with Crippen molar-refractivity contribution in [2.24, 2.45) is 0 Å². The highest BCUT2D eigenvalue weighted by atomic mass is 19.1. The van der Waals surface area contributed by atoms with Crippen LogP contribution in [0.1, 0.15) is 40.5 Å². The molecule has 2 amide bonds. The average molecular weight is 300 g/mol. The van der Waals surface area contributed by atoms with Gasteiger partial charge in [0.15, 0.2) is 0 Å². The number of nitrogens with one attached hydrogen (secondary N) is 1. The quantitative estimate of drug-likeness (QED) is 0.767. The summed E-state index contributed by atoms with van der Waals surface area (Å²) in [6.07, 6.45) is 1.33. The number of ether oxygens (including phenoxy) is 1. The number of rotatable bonds is 6. The molecular formula is C15H25FN2O3. The molecule has 0 aliphatic carbocycles. The van der Waals surface area contributed by atoms with Crippen molar-refractivity contribution in [1.82, 2.24) is 10.2 Å². The lowest BCUT2D eigenvalue weighted by Gasteiger charge is -2.21. The first-order chi connectivity index (χ1) is 9.60. The lowest BCUT2D eigenvalue weighted by Crippen LogP contribution is -2.32. The van der Waals surface area contributed by atoms with E-state index in [1.165, 1.54) is 4.90 Å². The van der Waals surface area contributed by atoms with Crippen LogP contribution in [0.2, 0.25) is 0 Å². The Morgan fingerprint density at radius 2 is 1.95 bits per heavy atom. The molecule has 1 N–H and O–H groups in total. The van der Waals surface area contributed by atoms with Gasteiger partial charge in [-0.15, -0.1) is 0 Å². The van der Waals surface area contributed by atoms with Crippen LogP contribution >= 0.6 is 0 Å². The molecular weight excluding hydrogens is 275 g/mol. The summed E-state index contributed by atoms with van der Waals surface area (Å²) in [7, 11) is 1.56. The molecule has 0 radical (unpaired) electrons. The highest BCUT2D eigenvalue weighted by molar-refractivity contribution is 5.78. The van der Waals surface area contributed by atoms with Crippen LogP contribution in [-0.2, 0) is 9.53 Å². The van der Waals surface area contributed by atoms with Crippen molar-refractivity contribution >= 4 is 12.0 Å². The van der Waals surface area contributed by atoms with E-state index >= 15 is 0 Å². The molecule has 0 unspecified atom stereocenters. The zero-order valence-electron chi connectivity index (χ0n) is 13.5. The number of nitrogens with zero attached hydrogens (tertiary/aromatic N) is 1. The summed E-state index contributed by atoms with van der Waals surface area (Å²) < 4.78 is 17.3. The Morgan fingerprint density at radius 1 is 1.38 bits per heavy atom. The maximum atomic E-state index is 12.2. The number of amides is 2. The van der Waals surface area contributed by atoms with Gasteiger partial charge in [0.25, 0.3) is 0 Å². The van der Waals surface area contributed by atoms with Crippen LogP contribution in [0.15, 0.2) is 24.0 Å². The summed E-state index contributed by atoms with van der Waals surface area (Å²) in [5, 5.41) is 2.48. The minimum atomic E-state index is -0.697. The average Bonchev–Trinajstić information content (AvgIpc) is 2.32. The summed E-state index contributed by atoms with van der Waals surface area (Å²) in [5.41, 5.74) is 0.339. The van der Waals surface area contributed by atoms with E-state index < -0.39 is 18.4 Å². The molecule has 5 nitrogen and oxygen atoms in total. The third-order valence-electron chi connectivity index (χ3n) is 2.48. The fourth-order valence-electron chi connectivity index (χ4n) is 1.52. The molecule has 0 spiro atoms. The number of halogens is 1. The van der Waals surface area contributed by atoms with Gasteiger partial charge in [0.2, 0.25) is 5.91 Å². The van der Waals surface area contributed by atoms with Crippen LogP contribution in [-0.4, -0.2) is 36.2 Å². The molecule has 120 valence electrons. The minimum absolute atomic E-state index is 0.167. The normalized spacial score (nSPS) is 11.8. The number of hydrogen-bond acceptors (Lipinski definition) is 3. The van der Waals surface area contributed by atoms with Crippen LogP contribution in [0.25, 0.3) is 0 Å². The largest absolute Gasteiger partial charge is 0.444 e. The Labute approximate surface area is 125 Å². The number of carbonyl (C=O) groups is 2. The van der Waals surface area contributed by atoms with E-state index in [0.29, 0.717) is 17.8 Å². The predicted octanol–water partition coefficient (Wildman–Crippen LogP) is 3.14. The zero-order valence-corrected chi connectivity index (χ0v) is 13.5. The maximum Gasteiger partial charge on any atom is 0.412 e. The first kappa shape index (κ1) is 19.1. The van der Waals surface area contributed by atoms with E-state index in [9.17, 15) is 14.0 Å². The molecule has 0 heterocycles. The predicted molar refractivity (Wildman–Crippen MR) is 80.2 cm³/mol. The van der Waals surface area contributed by atoms with Crippen molar-refractivity contribution in [3.05, 3.63) is 24.0 Å². The smallest absolute Gasteiger partial charge is 0.412 e. The monoisotopic (exact) mass is 300 g/mol. The summed E-state index contributed by atoms with van der Waals surface area (Å²) in [4.78, 5) is 24.6. The molecule has 0 aromatic rings. The van der Waals surface area contributed by atoms with E-state index in [4.69, 9.17) is 4.74 Å². The van der Waals surface area contributed by atoms with Crippen LogP contribution in [0.3, 0.4) is 0 Å². The molecule has 0 aromatic heterocycles. The Morgan fingerprint density at radius 3 is 2.38 bits per heavy atom. The fraction of sp³-hybridized carbons (Fsp3) is 0.600. The summed E-state index contributed by atoms with van der Waals surface area (Å²) >= 11 is 0. The van der Waals surface area contributed by atoms with Crippen molar-refractivity contribution in [2.45, 2.75) is 46.1 Å².